The van der Waals surface area contributed by atoms with Gasteiger partial charge >= 0.3 is 6.09 Å². The molecule has 5 rings (SSSR count). The van der Waals surface area contributed by atoms with E-state index in [9.17, 15) is 19.6 Å². The third kappa shape index (κ3) is 5.72. The van der Waals surface area contributed by atoms with Crippen LogP contribution in [-0.4, -0.2) is 54.0 Å². The molecule has 0 unspecified atom stereocenters. The molecule has 41 heavy (non-hydrogen) atoms. The monoisotopic (exact) mass is 559 g/mol. The molecule has 212 valence electrons. The number of alkyl carbamates (subject to hydrolysis) is 1. The molecule has 1 aliphatic heterocycles. The van der Waals surface area contributed by atoms with E-state index >= 15 is 0 Å². The molecule has 0 saturated carbocycles. The number of nitrogens with one attached hydrogen (secondary N) is 1. The van der Waals surface area contributed by atoms with Crippen LogP contribution in [-0.2, 0) is 4.74 Å². The highest BCUT2D eigenvalue weighted by molar-refractivity contribution is 6.02. The number of carbonyl (C=O) groups is 1. The van der Waals surface area contributed by atoms with Crippen LogP contribution in [0.1, 0.15) is 38.2 Å². The molecular formula is C30H30FN5O5. The summed E-state index contributed by atoms with van der Waals surface area (Å²) < 4.78 is 31.1. The van der Waals surface area contributed by atoms with Crippen LogP contribution in [0.3, 0.4) is 0 Å². The Morgan fingerprint density at radius 1 is 1.24 bits per heavy atom. The number of aromatic nitrogens is 2. The molecule has 0 atom stereocenters. The Kier molecular flexibility index (Phi) is 8.19. The number of nitrogens with zero attached hydrogens (tertiary/aromatic N) is 4. The highest BCUT2D eigenvalue weighted by Crippen LogP contribution is 2.43. The van der Waals surface area contributed by atoms with Gasteiger partial charge in [0.2, 0.25) is 0 Å². The highest BCUT2D eigenvalue weighted by Gasteiger charge is 2.28. The number of oxazole rings is 1. The van der Waals surface area contributed by atoms with Gasteiger partial charge < -0.3 is 29.2 Å². The zero-order chi connectivity index (χ0) is 28.9. The first-order valence-electron chi connectivity index (χ1n) is 13.5. The number of rotatable bonds is 8. The van der Waals surface area contributed by atoms with E-state index in [2.05, 4.69) is 15.2 Å². The van der Waals surface area contributed by atoms with Crippen LogP contribution in [0.25, 0.3) is 33.5 Å². The minimum Gasteiger partial charge on any atom is -0.504 e. The fourth-order valence-corrected chi connectivity index (χ4v) is 4.95. The number of fused-ring (bicyclic) bond motifs is 1. The van der Waals surface area contributed by atoms with Crippen molar-refractivity contribution in [2.75, 3.05) is 31.7 Å². The number of anilines is 1. The Bertz CT molecular complexity index is 1610. The summed E-state index contributed by atoms with van der Waals surface area (Å²) in [5.41, 5.74) is 2.75. The Morgan fingerprint density at radius 3 is 2.71 bits per heavy atom. The first kappa shape index (κ1) is 27.7. The maximum Gasteiger partial charge on any atom is 0.407 e. The lowest BCUT2D eigenvalue weighted by Crippen LogP contribution is -2.45. The number of carbonyl (C=O) groups excluding carboxylic acids is 1. The van der Waals surface area contributed by atoms with E-state index in [4.69, 9.17) is 18.9 Å². The number of hydrogen-bond donors (Lipinski definition) is 2. The lowest BCUT2D eigenvalue weighted by molar-refractivity contribution is 0.139. The minimum absolute atomic E-state index is 0.0400. The first-order chi connectivity index (χ1) is 19.9. The number of methoxy groups -OCH3 is 1. The molecule has 2 aromatic heterocycles. The number of halogens is 1. The fourth-order valence-electron chi connectivity index (χ4n) is 4.95. The smallest absolute Gasteiger partial charge is 0.407 e. The number of phenolic OH excluding ortho intramolecular Hbond substituents is 1. The van der Waals surface area contributed by atoms with E-state index in [0.29, 0.717) is 77.6 Å². The number of benzene rings is 2. The van der Waals surface area contributed by atoms with Crippen molar-refractivity contribution in [1.29, 1.82) is 5.26 Å². The van der Waals surface area contributed by atoms with Crippen LogP contribution < -0.4 is 15.0 Å². The average molecular weight is 560 g/mol. The fraction of sp³-hybridized carbons (Fsp3) is 0.333. The summed E-state index contributed by atoms with van der Waals surface area (Å²) in [7, 11) is 1.46. The van der Waals surface area contributed by atoms with Crippen molar-refractivity contribution in [3.63, 3.8) is 0 Å². The van der Waals surface area contributed by atoms with Crippen molar-refractivity contribution in [3.8, 4) is 40.0 Å². The molecule has 1 saturated heterocycles. The van der Waals surface area contributed by atoms with E-state index in [1.54, 1.807) is 18.2 Å². The third-order valence-electron chi connectivity index (χ3n) is 7.14. The molecule has 0 aliphatic carbocycles. The summed E-state index contributed by atoms with van der Waals surface area (Å²) >= 11 is 0. The zero-order valence-electron chi connectivity index (χ0n) is 22.8. The van der Waals surface area contributed by atoms with Gasteiger partial charge in [0.1, 0.15) is 11.9 Å². The molecular weight excluding hydrogens is 529 g/mol. The highest BCUT2D eigenvalue weighted by atomic mass is 19.1. The van der Waals surface area contributed by atoms with Gasteiger partial charge in [-0.3, -0.25) is 0 Å². The quantitative estimate of drug-likeness (QED) is 0.258. The van der Waals surface area contributed by atoms with E-state index in [1.165, 1.54) is 31.7 Å². The second-order valence-corrected chi connectivity index (χ2v) is 9.78. The summed E-state index contributed by atoms with van der Waals surface area (Å²) in [6.07, 6.45) is 4.02. The number of piperidine rings is 1. The number of aromatic hydroxyl groups is 1. The second-order valence-electron chi connectivity index (χ2n) is 9.78. The first-order valence-corrected chi connectivity index (χ1v) is 13.5. The number of nitriles is 1. The maximum atomic E-state index is 14.8. The van der Waals surface area contributed by atoms with Crippen LogP contribution in [0.4, 0.5) is 15.0 Å². The normalized spacial score (nSPS) is 13.7. The topological polar surface area (TPSA) is 134 Å². The van der Waals surface area contributed by atoms with Gasteiger partial charge in [0.15, 0.2) is 34.8 Å². The lowest BCUT2D eigenvalue weighted by Gasteiger charge is -2.33. The molecule has 10 nitrogen and oxygen atoms in total. The molecule has 11 heteroatoms. The molecule has 0 bridgehead atoms. The number of unbranched alkanes of at least 4 members (excludes halogenated alkanes) is 1. The Balaban J connectivity index is 1.53. The van der Waals surface area contributed by atoms with Crippen LogP contribution in [0, 0.1) is 17.1 Å². The number of hydrogen-bond acceptors (Lipinski definition) is 9. The number of ether oxygens (including phenoxy) is 2. The van der Waals surface area contributed by atoms with Crippen LogP contribution in [0.2, 0.25) is 0 Å². The molecule has 0 radical (unpaired) electrons. The summed E-state index contributed by atoms with van der Waals surface area (Å²) in [6, 6.07) is 11.0. The standard InChI is InChI=1S/C30H30FN5O5/c1-3-4-13-40-30(38)34-21-9-11-36(12-10-21)29-27-28(41-17-33-27)25(18-7-8-24(39-2)23(37)15-18)26(35-29)19-5-6-20(16-32)22(31)14-19/h5-8,14-15,17,21,37H,3-4,9-13H2,1-2H3,(H,34,38). The molecule has 2 N–H and O–H groups in total. The van der Waals surface area contributed by atoms with Gasteiger partial charge in [-0.2, -0.15) is 5.26 Å². The van der Waals surface area contributed by atoms with Crippen LogP contribution in [0.5, 0.6) is 11.5 Å². The predicted octanol–water partition coefficient (Wildman–Crippen LogP) is 5.78. The van der Waals surface area contributed by atoms with Crippen molar-refractivity contribution in [1.82, 2.24) is 15.3 Å². The predicted molar refractivity (Wildman–Crippen MR) is 150 cm³/mol. The molecule has 4 aromatic rings. The maximum absolute atomic E-state index is 14.8. The molecule has 3 heterocycles. The summed E-state index contributed by atoms with van der Waals surface area (Å²) in [5, 5.41) is 22.7. The summed E-state index contributed by atoms with van der Waals surface area (Å²) in [4.78, 5) is 23.6. The largest absolute Gasteiger partial charge is 0.504 e. The molecule has 1 amide bonds. The van der Waals surface area contributed by atoms with Gasteiger partial charge in [-0.1, -0.05) is 25.5 Å². The van der Waals surface area contributed by atoms with E-state index in [-0.39, 0.29) is 17.4 Å². The van der Waals surface area contributed by atoms with Gasteiger partial charge in [-0.05, 0) is 49.1 Å². The van der Waals surface area contributed by atoms with Gasteiger partial charge in [0.25, 0.3) is 0 Å². The molecule has 1 fully saturated rings. The Hall–Kier alpha value is -4.85. The van der Waals surface area contributed by atoms with Gasteiger partial charge in [0.05, 0.1) is 30.5 Å². The third-order valence-corrected chi connectivity index (χ3v) is 7.14. The summed E-state index contributed by atoms with van der Waals surface area (Å²) in [6.45, 7) is 3.59. The van der Waals surface area contributed by atoms with Crippen molar-refractivity contribution >= 4 is 23.0 Å². The van der Waals surface area contributed by atoms with Crippen molar-refractivity contribution < 1.29 is 28.2 Å². The van der Waals surface area contributed by atoms with Crippen LogP contribution in [0.15, 0.2) is 47.2 Å². The van der Waals surface area contributed by atoms with E-state index < -0.39 is 11.9 Å². The lowest BCUT2D eigenvalue weighted by atomic mass is 9.96. The van der Waals surface area contributed by atoms with E-state index in [1.807, 2.05) is 13.0 Å². The molecule has 2 aromatic carbocycles. The van der Waals surface area contributed by atoms with Crippen molar-refractivity contribution in [2.24, 2.45) is 0 Å². The zero-order valence-corrected chi connectivity index (χ0v) is 22.8. The average Bonchev–Trinajstić information content (AvgIpc) is 3.47. The van der Waals surface area contributed by atoms with Crippen molar-refractivity contribution in [2.45, 2.75) is 38.6 Å². The Labute approximate surface area is 236 Å². The second kappa shape index (κ2) is 12.1. The van der Waals surface area contributed by atoms with Crippen LogP contribution >= 0.6 is 0 Å². The number of pyridine rings is 1. The van der Waals surface area contributed by atoms with Gasteiger partial charge in [-0.15, -0.1) is 0 Å². The number of phenols is 1. The summed E-state index contributed by atoms with van der Waals surface area (Å²) in [5.74, 6) is 0.0940. The molecule has 1 aliphatic rings. The number of amides is 1. The minimum atomic E-state index is -0.674. The van der Waals surface area contributed by atoms with Gasteiger partial charge in [-0.25, -0.2) is 19.2 Å². The SMILES string of the molecule is CCCCOC(=O)NC1CCN(c2nc(-c3ccc(C#N)c(F)c3)c(-c3ccc(OC)c(O)c3)c3ocnc23)CC1. The molecule has 0 spiro atoms. The van der Waals surface area contributed by atoms with E-state index in [0.717, 1.165) is 12.8 Å². The Morgan fingerprint density at radius 2 is 2.02 bits per heavy atom. The van der Waals surface area contributed by atoms with Gasteiger partial charge in [0, 0.05) is 24.7 Å². The van der Waals surface area contributed by atoms with Crippen molar-refractivity contribution in [3.05, 3.63) is 54.2 Å².